The van der Waals surface area contributed by atoms with E-state index in [2.05, 4.69) is 4.74 Å². The van der Waals surface area contributed by atoms with Crippen LogP contribution in [-0.4, -0.2) is 24.3 Å². The molecule has 0 aliphatic heterocycles. The van der Waals surface area contributed by atoms with Crippen LogP contribution in [-0.2, 0) is 9.53 Å². The molecule has 2 aliphatic rings. The number of fused-ring (bicyclic) bond motifs is 2. The summed E-state index contributed by atoms with van der Waals surface area (Å²) in [5.41, 5.74) is 1.07. The summed E-state index contributed by atoms with van der Waals surface area (Å²) in [5, 5.41) is 9.96. The Labute approximate surface area is 90.1 Å². The zero-order chi connectivity index (χ0) is 11.0. The average molecular weight is 210 g/mol. The Hall–Kier alpha value is -0.830. The first-order valence-electron chi connectivity index (χ1n) is 5.61. The van der Waals surface area contributed by atoms with Crippen LogP contribution in [0.15, 0.2) is 11.6 Å². The summed E-state index contributed by atoms with van der Waals surface area (Å²) in [6, 6.07) is 0. The molecule has 84 valence electrons. The van der Waals surface area contributed by atoms with E-state index in [9.17, 15) is 9.90 Å². The molecule has 2 fully saturated rings. The number of ether oxygens (including phenoxy) is 1. The van der Waals surface area contributed by atoms with E-state index in [1.807, 2.05) is 13.0 Å². The van der Waals surface area contributed by atoms with Crippen molar-refractivity contribution in [3.05, 3.63) is 11.6 Å². The maximum absolute atomic E-state index is 11.3. The van der Waals surface area contributed by atoms with Crippen molar-refractivity contribution in [1.29, 1.82) is 0 Å². The van der Waals surface area contributed by atoms with Gasteiger partial charge in [-0.2, -0.15) is 0 Å². The number of methoxy groups -OCH3 is 1. The molecule has 1 N–H and O–H groups in total. The fourth-order valence-corrected chi connectivity index (χ4v) is 2.90. The third-order valence-electron chi connectivity index (χ3n) is 3.75. The highest BCUT2D eigenvalue weighted by Crippen LogP contribution is 2.48. The first kappa shape index (κ1) is 10.7. The molecular weight excluding hydrogens is 192 g/mol. The Kier molecular flexibility index (Phi) is 2.83. The van der Waals surface area contributed by atoms with Crippen molar-refractivity contribution < 1.29 is 14.6 Å². The zero-order valence-electron chi connectivity index (χ0n) is 9.27. The van der Waals surface area contributed by atoms with Gasteiger partial charge in [-0.3, -0.25) is 4.79 Å². The molecule has 0 aromatic carbocycles. The molecule has 4 unspecified atom stereocenters. The van der Waals surface area contributed by atoms with Crippen LogP contribution in [0.25, 0.3) is 0 Å². The van der Waals surface area contributed by atoms with Crippen molar-refractivity contribution in [2.45, 2.75) is 32.3 Å². The summed E-state index contributed by atoms with van der Waals surface area (Å²) in [6.45, 7) is 1.82. The van der Waals surface area contributed by atoms with Crippen LogP contribution in [0.4, 0.5) is 0 Å². The van der Waals surface area contributed by atoms with Crippen molar-refractivity contribution >= 4 is 5.97 Å². The van der Waals surface area contributed by atoms with Crippen molar-refractivity contribution in [3.8, 4) is 0 Å². The topological polar surface area (TPSA) is 46.5 Å². The number of carbonyl (C=O) groups is 1. The lowest BCUT2D eigenvalue weighted by Gasteiger charge is -2.21. The number of carbonyl (C=O) groups excluding carboxylic acids is 1. The molecule has 3 nitrogen and oxygen atoms in total. The van der Waals surface area contributed by atoms with Gasteiger partial charge in [-0.15, -0.1) is 0 Å². The summed E-state index contributed by atoms with van der Waals surface area (Å²) in [7, 11) is 1.40. The standard InChI is InChI=1S/C12H18O3/c1-7(12(14)15-2)5-10-8-3-4-9(6-8)11(10)13/h5,7-9,11,13H,3-4,6H2,1-2H3. The molecule has 2 bridgehead atoms. The fourth-order valence-electron chi connectivity index (χ4n) is 2.90. The number of aliphatic hydroxyl groups is 1. The van der Waals surface area contributed by atoms with E-state index in [0.29, 0.717) is 11.8 Å². The first-order chi connectivity index (χ1) is 7.13. The van der Waals surface area contributed by atoms with Gasteiger partial charge in [0.25, 0.3) is 0 Å². The lowest BCUT2D eigenvalue weighted by Crippen LogP contribution is -2.21. The van der Waals surface area contributed by atoms with E-state index < -0.39 is 0 Å². The summed E-state index contributed by atoms with van der Waals surface area (Å²) in [5.74, 6) is 0.486. The molecule has 0 aromatic rings. The van der Waals surface area contributed by atoms with Crippen LogP contribution >= 0.6 is 0 Å². The first-order valence-corrected chi connectivity index (χ1v) is 5.61. The van der Waals surface area contributed by atoms with Gasteiger partial charge in [0, 0.05) is 0 Å². The van der Waals surface area contributed by atoms with E-state index in [1.165, 1.54) is 13.5 Å². The molecule has 2 aliphatic carbocycles. The maximum atomic E-state index is 11.3. The Morgan fingerprint density at radius 3 is 2.87 bits per heavy atom. The Bertz CT molecular complexity index is 291. The van der Waals surface area contributed by atoms with Gasteiger partial charge < -0.3 is 9.84 Å². The highest BCUT2D eigenvalue weighted by Gasteiger charge is 2.42. The lowest BCUT2D eigenvalue weighted by atomic mass is 9.90. The van der Waals surface area contributed by atoms with E-state index in [0.717, 1.165) is 18.4 Å². The van der Waals surface area contributed by atoms with Gasteiger partial charge in [0.05, 0.1) is 19.1 Å². The van der Waals surface area contributed by atoms with Crippen molar-refractivity contribution in [2.75, 3.05) is 7.11 Å². The second-order valence-electron chi connectivity index (χ2n) is 4.69. The highest BCUT2D eigenvalue weighted by atomic mass is 16.5. The quantitative estimate of drug-likeness (QED) is 0.555. The Morgan fingerprint density at radius 1 is 1.60 bits per heavy atom. The van der Waals surface area contributed by atoms with Gasteiger partial charge >= 0.3 is 5.97 Å². The second-order valence-corrected chi connectivity index (χ2v) is 4.69. The molecule has 0 heterocycles. The van der Waals surface area contributed by atoms with E-state index in [-0.39, 0.29) is 18.0 Å². The lowest BCUT2D eigenvalue weighted by molar-refractivity contribution is -0.143. The molecule has 3 heteroatoms. The Balaban J connectivity index is 2.10. The molecular formula is C12H18O3. The molecule has 0 spiro atoms. The number of hydrogen-bond acceptors (Lipinski definition) is 3. The van der Waals surface area contributed by atoms with Gasteiger partial charge in [0.15, 0.2) is 0 Å². The predicted molar refractivity (Wildman–Crippen MR) is 56.1 cm³/mol. The normalized spacial score (nSPS) is 38.3. The minimum absolute atomic E-state index is 0.225. The summed E-state index contributed by atoms with van der Waals surface area (Å²) >= 11 is 0. The smallest absolute Gasteiger partial charge is 0.312 e. The molecule has 15 heavy (non-hydrogen) atoms. The third kappa shape index (κ3) is 1.81. The number of rotatable bonds is 2. The van der Waals surface area contributed by atoms with Gasteiger partial charge in [0.1, 0.15) is 0 Å². The van der Waals surface area contributed by atoms with E-state index in [1.54, 1.807) is 0 Å². The summed E-state index contributed by atoms with van der Waals surface area (Å²) in [6.07, 6.45) is 4.99. The summed E-state index contributed by atoms with van der Waals surface area (Å²) < 4.78 is 4.67. The van der Waals surface area contributed by atoms with E-state index in [4.69, 9.17) is 0 Å². The minimum Gasteiger partial charge on any atom is -0.469 e. The molecule has 4 atom stereocenters. The van der Waals surface area contributed by atoms with Crippen LogP contribution in [0, 0.1) is 17.8 Å². The van der Waals surface area contributed by atoms with Crippen molar-refractivity contribution in [2.24, 2.45) is 17.8 Å². The third-order valence-corrected chi connectivity index (χ3v) is 3.75. The molecule has 2 rings (SSSR count). The molecule has 0 saturated heterocycles. The minimum atomic E-state index is -0.309. The van der Waals surface area contributed by atoms with Crippen LogP contribution in [0.5, 0.6) is 0 Å². The fraction of sp³-hybridized carbons (Fsp3) is 0.750. The van der Waals surface area contributed by atoms with Crippen molar-refractivity contribution in [3.63, 3.8) is 0 Å². The molecule has 0 aromatic heterocycles. The van der Waals surface area contributed by atoms with Crippen LogP contribution in [0.2, 0.25) is 0 Å². The Morgan fingerprint density at radius 2 is 2.33 bits per heavy atom. The second kappa shape index (κ2) is 3.97. The maximum Gasteiger partial charge on any atom is 0.312 e. The zero-order valence-corrected chi connectivity index (χ0v) is 9.27. The van der Waals surface area contributed by atoms with Crippen LogP contribution in [0.1, 0.15) is 26.2 Å². The van der Waals surface area contributed by atoms with Crippen LogP contribution < -0.4 is 0 Å². The molecule has 2 saturated carbocycles. The van der Waals surface area contributed by atoms with Gasteiger partial charge in [0.2, 0.25) is 0 Å². The van der Waals surface area contributed by atoms with Crippen LogP contribution in [0.3, 0.4) is 0 Å². The number of aliphatic hydroxyl groups excluding tert-OH is 1. The molecule has 0 amide bonds. The summed E-state index contributed by atoms with van der Waals surface area (Å²) in [4.78, 5) is 11.3. The largest absolute Gasteiger partial charge is 0.469 e. The SMILES string of the molecule is COC(=O)C(C)C=C1C2CCC(C2)C1O. The van der Waals surface area contributed by atoms with Gasteiger partial charge in [-0.1, -0.05) is 6.08 Å². The van der Waals surface area contributed by atoms with E-state index >= 15 is 0 Å². The number of esters is 1. The molecule has 0 radical (unpaired) electrons. The highest BCUT2D eigenvalue weighted by molar-refractivity contribution is 5.74. The van der Waals surface area contributed by atoms with Gasteiger partial charge in [-0.05, 0) is 43.6 Å². The average Bonchev–Trinajstić information content (AvgIpc) is 2.80. The van der Waals surface area contributed by atoms with Crippen molar-refractivity contribution in [1.82, 2.24) is 0 Å². The predicted octanol–water partition coefficient (Wildman–Crippen LogP) is 1.51. The monoisotopic (exact) mass is 210 g/mol. The van der Waals surface area contributed by atoms with Gasteiger partial charge in [-0.25, -0.2) is 0 Å². The number of hydrogen-bond donors (Lipinski definition) is 1.